The number of nitrogens with zero attached hydrogens (tertiary/aromatic N) is 2. The fraction of sp³-hybridized carbons (Fsp3) is 0.692. The van der Waals surface area contributed by atoms with Crippen molar-refractivity contribution in [3.05, 3.63) is 12.4 Å². The van der Waals surface area contributed by atoms with Gasteiger partial charge in [0.05, 0.1) is 6.61 Å². The van der Waals surface area contributed by atoms with E-state index >= 15 is 0 Å². The van der Waals surface area contributed by atoms with Gasteiger partial charge < -0.3 is 14.8 Å². The third-order valence-electron chi connectivity index (χ3n) is 3.01. The van der Waals surface area contributed by atoms with Gasteiger partial charge in [0.2, 0.25) is 5.88 Å². The lowest BCUT2D eigenvalue weighted by Gasteiger charge is -2.22. The highest BCUT2D eigenvalue weighted by Crippen LogP contribution is 2.16. The topological polar surface area (TPSA) is 56.3 Å². The van der Waals surface area contributed by atoms with Gasteiger partial charge in [-0.05, 0) is 25.2 Å². The Morgan fingerprint density at radius 1 is 1.39 bits per heavy atom. The molecule has 5 heteroatoms. The number of hydrogen-bond acceptors (Lipinski definition) is 5. The Balaban J connectivity index is 1.80. The molecule has 0 unspecified atom stereocenters. The van der Waals surface area contributed by atoms with E-state index in [1.807, 2.05) is 6.07 Å². The minimum Gasteiger partial charge on any atom is -0.478 e. The minimum atomic E-state index is 0.640. The van der Waals surface area contributed by atoms with Crippen LogP contribution in [0.2, 0.25) is 0 Å². The van der Waals surface area contributed by atoms with Crippen molar-refractivity contribution < 1.29 is 9.47 Å². The van der Waals surface area contributed by atoms with Crippen LogP contribution in [0.15, 0.2) is 12.4 Å². The quantitative estimate of drug-likeness (QED) is 0.839. The maximum absolute atomic E-state index is 5.48. The largest absolute Gasteiger partial charge is 0.478 e. The predicted molar refractivity (Wildman–Crippen MR) is 69.9 cm³/mol. The summed E-state index contributed by atoms with van der Waals surface area (Å²) in [7, 11) is 0. The molecule has 1 aliphatic heterocycles. The summed E-state index contributed by atoms with van der Waals surface area (Å²) in [5, 5.41) is 3.34. The molecule has 0 aliphatic carbocycles. The Kier molecular flexibility index (Phi) is 5.20. The first kappa shape index (κ1) is 13.1. The highest BCUT2D eigenvalue weighted by Gasteiger charge is 2.13. The second-order valence-corrected chi connectivity index (χ2v) is 4.53. The number of anilines is 1. The Hall–Kier alpha value is -1.36. The van der Waals surface area contributed by atoms with Crippen LogP contribution in [0.25, 0.3) is 0 Å². The van der Waals surface area contributed by atoms with Gasteiger partial charge in [-0.1, -0.05) is 6.92 Å². The van der Waals surface area contributed by atoms with Crippen molar-refractivity contribution in [3.63, 3.8) is 0 Å². The Morgan fingerprint density at radius 3 is 3.00 bits per heavy atom. The van der Waals surface area contributed by atoms with Gasteiger partial charge in [-0.2, -0.15) is 0 Å². The molecule has 5 nitrogen and oxygen atoms in total. The van der Waals surface area contributed by atoms with Gasteiger partial charge in [-0.25, -0.2) is 9.97 Å². The van der Waals surface area contributed by atoms with Crippen molar-refractivity contribution in [2.45, 2.75) is 26.2 Å². The molecule has 0 saturated carbocycles. The van der Waals surface area contributed by atoms with Gasteiger partial charge in [-0.15, -0.1) is 0 Å². The van der Waals surface area contributed by atoms with Crippen LogP contribution >= 0.6 is 0 Å². The van der Waals surface area contributed by atoms with Crippen molar-refractivity contribution in [3.8, 4) is 5.88 Å². The molecule has 2 rings (SSSR count). The zero-order chi connectivity index (χ0) is 12.6. The van der Waals surface area contributed by atoms with Crippen LogP contribution in [0.4, 0.5) is 5.82 Å². The van der Waals surface area contributed by atoms with Crippen LogP contribution < -0.4 is 10.1 Å². The van der Waals surface area contributed by atoms with E-state index in [2.05, 4.69) is 22.2 Å². The van der Waals surface area contributed by atoms with Crippen molar-refractivity contribution in [1.82, 2.24) is 9.97 Å². The van der Waals surface area contributed by atoms with Crippen LogP contribution in [0, 0.1) is 5.92 Å². The molecule has 1 N–H and O–H groups in total. The van der Waals surface area contributed by atoms with Gasteiger partial charge in [0.25, 0.3) is 0 Å². The van der Waals surface area contributed by atoms with E-state index in [4.69, 9.17) is 9.47 Å². The lowest BCUT2D eigenvalue weighted by atomic mass is 10.0. The number of rotatable bonds is 6. The molecule has 0 aromatic carbocycles. The van der Waals surface area contributed by atoms with Gasteiger partial charge in [0, 0.05) is 25.8 Å². The second-order valence-electron chi connectivity index (χ2n) is 4.53. The molecule has 18 heavy (non-hydrogen) atoms. The fourth-order valence-electron chi connectivity index (χ4n) is 1.92. The highest BCUT2D eigenvalue weighted by molar-refractivity contribution is 5.37. The number of ether oxygens (including phenoxy) is 2. The first-order valence-corrected chi connectivity index (χ1v) is 6.65. The van der Waals surface area contributed by atoms with Gasteiger partial charge in [0.15, 0.2) is 0 Å². The number of aromatic nitrogens is 2. The van der Waals surface area contributed by atoms with Crippen LogP contribution in [0.5, 0.6) is 5.88 Å². The van der Waals surface area contributed by atoms with Gasteiger partial charge in [-0.3, -0.25) is 0 Å². The van der Waals surface area contributed by atoms with E-state index < -0.39 is 0 Å². The van der Waals surface area contributed by atoms with Crippen molar-refractivity contribution >= 4 is 5.82 Å². The molecule has 0 radical (unpaired) electrons. The van der Waals surface area contributed by atoms with E-state index in [0.29, 0.717) is 18.4 Å². The van der Waals surface area contributed by atoms with Crippen molar-refractivity contribution in [1.29, 1.82) is 0 Å². The van der Waals surface area contributed by atoms with E-state index in [-0.39, 0.29) is 0 Å². The average Bonchev–Trinajstić information content (AvgIpc) is 2.44. The molecule has 0 spiro atoms. The van der Waals surface area contributed by atoms with Crippen LogP contribution in [-0.2, 0) is 4.74 Å². The maximum Gasteiger partial charge on any atom is 0.218 e. The van der Waals surface area contributed by atoms with E-state index in [1.165, 1.54) is 6.33 Å². The smallest absolute Gasteiger partial charge is 0.218 e. The Labute approximate surface area is 108 Å². The summed E-state index contributed by atoms with van der Waals surface area (Å²) in [5.74, 6) is 2.15. The Bertz CT molecular complexity index is 354. The summed E-state index contributed by atoms with van der Waals surface area (Å²) in [4.78, 5) is 8.28. The summed E-state index contributed by atoms with van der Waals surface area (Å²) in [6.07, 6.45) is 4.76. The molecular weight excluding hydrogens is 230 g/mol. The molecule has 0 atom stereocenters. The first-order chi connectivity index (χ1) is 8.88. The van der Waals surface area contributed by atoms with Crippen LogP contribution in [-0.4, -0.2) is 36.3 Å². The predicted octanol–water partition coefficient (Wildman–Crippen LogP) is 2.10. The molecular formula is C13H21N3O2. The summed E-state index contributed by atoms with van der Waals surface area (Å²) in [6.45, 7) is 5.46. The fourth-order valence-corrected chi connectivity index (χ4v) is 1.92. The van der Waals surface area contributed by atoms with Crippen molar-refractivity contribution in [2.24, 2.45) is 5.92 Å². The monoisotopic (exact) mass is 251 g/mol. The second kappa shape index (κ2) is 7.16. The zero-order valence-corrected chi connectivity index (χ0v) is 10.9. The SMILES string of the molecule is CCCOc1cc(NCC2CCOCC2)ncn1. The minimum absolute atomic E-state index is 0.640. The molecule has 1 aromatic heterocycles. The lowest BCUT2D eigenvalue weighted by molar-refractivity contribution is 0.0699. The number of nitrogens with one attached hydrogen (secondary N) is 1. The van der Waals surface area contributed by atoms with Gasteiger partial charge >= 0.3 is 0 Å². The maximum atomic E-state index is 5.48. The number of hydrogen-bond donors (Lipinski definition) is 1. The standard InChI is InChI=1S/C13H21N3O2/c1-2-5-18-13-8-12(15-10-16-13)14-9-11-3-6-17-7-4-11/h8,10-11H,2-7,9H2,1H3,(H,14,15,16). The Morgan fingerprint density at radius 2 is 2.22 bits per heavy atom. The lowest BCUT2D eigenvalue weighted by Crippen LogP contribution is -2.22. The molecule has 0 bridgehead atoms. The van der Waals surface area contributed by atoms with Crippen LogP contribution in [0.3, 0.4) is 0 Å². The first-order valence-electron chi connectivity index (χ1n) is 6.65. The average molecular weight is 251 g/mol. The summed E-state index contributed by atoms with van der Waals surface area (Å²) >= 11 is 0. The van der Waals surface area contributed by atoms with E-state index in [0.717, 1.165) is 44.8 Å². The molecule has 1 fully saturated rings. The normalized spacial score (nSPS) is 16.5. The van der Waals surface area contributed by atoms with E-state index in [9.17, 15) is 0 Å². The molecule has 1 aromatic rings. The van der Waals surface area contributed by atoms with E-state index in [1.54, 1.807) is 0 Å². The third kappa shape index (κ3) is 4.14. The summed E-state index contributed by atoms with van der Waals surface area (Å²) in [5.41, 5.74) is 0. The van der Waals surface area contributed by atoms with Crippen molar-refractivity contribution in [2.75, 3.05) is 31.7 Å². The van der Waals surface area contributed by atoms with Gasteiger partial charge in [0.1, 0.15) is 12.1 Å². The molecule has 1 aliphatic rings. The third-order valence-corrected chi connectivity index (χ3v) is 3.01. The molecule has 2 heterocycles. The zero-order valence-electron chi connectivity index (χ0n) is 10.9. The summed E-state index contributed by atoms with van der Waals surface area (Å²) < 4.78 is 10.8. The van der Waals surface area contributed by atoms with Crippen LogP contribution in [0.1, 0.15) is 26.2 Å². The molecule has 0 amide bonds. The molecule has 100 valence electrons. The molecule has 1 saturated heterocycles. The highest BCUT2D eigenvalue weighted by atomic mass is 16.5. The summed E-state index contributed by atoms with van der Waals surface area (Å²) in [6, 6.07) is 1.86.